The Morgan fingerprint density at radius 3 is 2.43 bits per heavy atom. The number of nitrogen functional groups attached to an aromatic ring is 1. The van der Waals surface area contributed by atoms with E-state index in [0.29, 0.717) is 41.1 Å². The second-order valence-corrected chi connectivity index (χ2v) is 7.26. The smallest absolute Gasteiger partial charge is 0.230 e. The first kappa shape index (κ1) is 15.0. The summed E-state index contributed by atoms with van der Waals surface area (Å²) in [5.41, 5.74) is 8.24. The number of nitrogens with two attached hydrogens (primary N) is 1. The minimum atomic E-state index is 0.146. The molecule has 2 aromatic heterocycles. The first-order valence-electron chi connectivity index (χ1n) is 5.63. The van der Waals surface area contributed by atoms with Gasteiger partial charge in [0.2, 0.25) is 5.88 Å². The summed E-state index contributed by atoms with van der Waals surface area (Å²) in [7, 11) is 0. The van der Waals surface area contributed by atoms with Crippen molar-refractivity contribution < 1.29 is 4.52 Å². The zero-order valence-corrected chi connectivity index (χ0v) is 14.0. The summed E-state index contributed by atoms with van der Waals surface area (Å²) in [6.45, 7) is 0. The lowest BCUT2D eigenvalue weighted by atomic mass is 10.0. The van der Waals surface area contributed by atoms with Crippen LogP contribution in [0.3, 0.4) is 0 Å². The van der Waals surface area contributed by atoms with Gasteiger partial charge in [-0.1, -0.05) is 57.6 Å². The summed E-state index contributed by atoms with van der Waals surface area (Å²) in [5.74, 6) is 0.146. The quantitative estimate of drug-likeness (QED) is 0.571. The Hall–Kier alpha value is -0.910. The molecule has 0 aliphatic heterocycles. The third-order valence-electron chi connectivity index (χ3n) is 2.83. The van der Waals surface area contributed by atoms with Crippen LogP contribution in [0.2, 0.25) is 18.7 Å². The van der Waals surface area contributed by atoms with E-state index >= 15 is 0 Å². The molecule has 3 aromatic rings. The summed E-state index contributed by atoms with van der Waals surface area (Å²) < 4.78 is 6.14. The standard InChI is InChI=1S/C13H6Cl4N2OS/c14-5-1-2-6(8(15)3-5)10-11(19-20-13(10)18)7-4-9(16)21-12(7)17/h1-4H,18H2. The molecule has 0 saturated heterocycles. The van der Waals surface area contributed by atoms with Gasteiger partial charge in [0.05, 0.1) is 14.9 Å². The van der Waals surface area contributed by atoms with Crippen LogP contribution < -0.4 is 5.73 Å². The molecule has 0 unspecified atom stereocenters. The summed E-state index contributed by atoms with van der Waals surface area (Å²) in [4.78, 5) is 0. The lowest BCUT2D eigenvalue weighted by Gasteiger charge is -2.05. The van der Waals surface area contributed by atoms with E-state index in [2.05, 4.69) is 5.16 Å². The van der Waals surface area contributed by atoms with E-state index in [4.69, 9.17) is 56.7 Å². The van der Waals surface area contributed by atoms with E-state index in [1.54, 1.807) is 24.3 Å². The number of halogens is 4. The van der Waals surface area contributed by atoms with E-state index in [1.165, 1.54) is 11.3 Å². The predicted molar refractivity (Wildman–Crippen MR) is 89.7 cm³/mol. The Kier molecular flexibility index (Phi) is 4.08. The predicted octanol–water partition coefficient (Wildman–Crippen LogP) is 6.27. The maximum absolute atomic E-state index is 6.23. The lowest BCUT2D eigenvalue weighted by molar-refractivity contribution is 0.439. The van der Waals surface area contributed by atoms with Gasteiger partial charge in [0.25, 0.3) is 0 Å². The highest BCUT2D eigenvalue weighted by Crippen LogP contribution is 2.45. The van der Waals surface area contributed by atoms with Gasteiger partial charge in [-0.15, -0.1) is 11.3 Å². The van der Waals surface area contributed by atoms with Gasteiger partial charge in [-0.2, -0.15) is 0 Å². The van der Waals surface area contributed by atoms with Gasteiger partial charge in [0.15, 0.2) is 0 Å². The fraction of sp³-hybridized carbons (Fsp3) is 0. The topological polar surface area (TPSA) is 52.0 Å². The Balaban J connectivity index is 2.24. The summed E-state index contributed by atoms with van der Waals surface area (Å²) in [6, 6.07) is 6.79. The van der Waals surface area contributed by atoms with Crippen molar-refractivity contribution in [3.05, 3.63) is 43.0 Å². The van der Waals surface area contributed by atoms with Crippen molar-refractivity contribution in [2.24, 2.45) is 0 Å². The van der Waals surface area contributed by atoms with Crippen molar-refractivity contribution in [2.75, 3.05) is 5.73 Å². The molecular formula is C13H6Cl4N2OS. The third-order valence-corrected chi connectivity index (χ3v) is 4.87. The second-order valence-electron chi connectivity index (χ2n) is 4.13. The molecule has 0 radical (unpaired) electrons. The third kappa shape index (κ3) is 2.74. The molecule has 0 atom stereocenters. The van der Waals surface area contributed by atoms with Crippen molar-refractivity contribution in [1.29, 1.82) is 0 Å². The molecule has 0 aliphatic carbocycles. The number of hydrogen-bond acceptors (Lipinski definition) is 4. The van der Waals surface area contributed by atoms with Crippen LogP contribution in [0.15, 0.2) is 28.8 Å². The molecule has 0 bridgehead atoms. The number of anilines is 1. The molecule has 3 nitrogen and oxygen atoms in total. The van der Waals surface area contributed by atoms with Crippen LogP contribution in [0.25, 0.3) is 22.4 Å². The average molecular weight is 380 g/mol. The van der Waals surface area contributed by atoms with Crippen molar-refractivity contribution in [3.8, 4) is 22.4 Å². The Morgan fingerprint density at radius 2 is 1.81 bits per heavy atom. The van der Waals surface area contributed by atoms with Crippen molar-refractivity contribution in [1.82, 2.24) is 5.16 Å². The van der Waals surface area contributed by atoms with E-state index < -0.39 is 0 Å². The van der Waals surface area contributed by atoms with Crippen LogP contribution in [0, 0.1) is 0 Å². The monoisotopic (exact) mass is 378 g/mol. The van der Waals surface area contributed by atoms with E-state index in [1.807, 2.05) is 0 Å². The molecule has 108 valence electrons. The van der Waals surface area contributed by atoms with Crippen molar-refractivity contribution in [2.45, 2.75) is 0 Å². The van der Waals surface area contributed by atoms with Gasteiger partial charge >= 0.3 is 0 Å². The molecule has 2 N–H and O–H groups in total. The van der Waals surface area contributed by atoms with Crippen molar-refractivity contribution >= 4 is 63.6 Å². The zero-order chi connectivity index (χ0) is 15.1. The van der Waals surface area contributed by atoms with E-state index in [-0.39, 0.29) is 5.88 Å². The molecule has 1 aromatic carbocycles. The summed E-state index contributed by atoms with van der Waals surface area (Å²) in [5, 5.41) is 4.94. The van der Waals surface area contributed by atoms with Gasteiger partial charge in [0, 0.05) is 16.1 Å². The summed E-state index contributed by atoms with van der Waals surface area (Å²) in [6.07, 6.45) is 0. The first-order chi connectivity index (χ1) is 9.97. The maximum Gasteiger partial charge on any atom is 0.230 e. The van der Waals surface area contributed by atoms with E-state index in [9.17, 15) is 0 Å². The molecule has 0 fully saturated rings. The molecule has 0 aliphatic rings. The zero-order valence-electron chi connectivity index (χ0n) is 10.2. The Labute approximate surface area is 144 Å². The number of aromatic nitrogens is 1. The largest absolute Gasteiger partial charge is 0.367 e. The maximum atomic E-state index is 6.23. The normalized spacial score (nSPS) is 11.0. The first-order valence-corrected chi connectivity index (χ1v) is 7.96. The molecule has 0 spiro atoms. The molecule has 21 heavy (non-hydrogen) atoms. The van der Waals surface area contributed by atoms with Gasteiger partial charge in [-0.25, -0.2) is 0 Å². The number of nitrogens with zero attached hydrogens (tertiary/aromatic N) is 1. The fourth-order valence-corrected chi connectivity index (χ4v) is 3.91. The highest BCUT2D eigenvalue weighted by atomic mass is 35.5. The number of rotatable bonds is 2. The number of hydrogen-bond donors (Lipinski definition) is 1. The van der Waals surface area contributed by atoms with Crippen LogP contribution in [0.1, 0.15) is 0 Å². The molecule has 0 saturated carbocycles. The van der Waals surface area contributed by atoms with Crippen LogP contribution in [-0.2, 0) is 0 Å². The van der Waals surface area contributed by atoms with Gasteiger partial charge < -0.3 is 10.3 Å². The van der Waals surface area contributed by atoms with Crippen LogP contribution in [0.4, 0.5) is 5.88 Å². The molecule has 0 amide bonds. The minimum absolute atomic E-state index is 0.146. The lowest BCUT2D eigenvalue weighted by Crippen LogP contribution is -1.88. The van der Waals surface area contributed by atoms with Crippen molar-refractivity contribution in [3.63, 3.8) is 0 Å². The number of benzene rings is 1. The van der Waals surface area contributed by atoms with Crippen LogP contribution in [0.5, 0.6) is 0 Å². The Bertz CT molecular complexity index is 828. The van der Waals surface area contributed by atoms with Crippen LogP contribution >= 0.6 is 57.7 Å². The summed E-state index contributed by atoms with van der Waals surface area (Å²) >= 11 is 25.5. The minimum Gasteiger partial charge on any atom is -0.367 e. The van der Waals surface area contributed by atoms with Gasteiger partial charge in [-0.05, 0) is 18.2 Å². The Morgan fingerprint density at radius 1 is 1.05 bits per heavy atom. The molecular weight excluding hydrogens is 374 g/mol. The van der Waals surface area contributed by atoms with Gasteiger partial charge in [-0.3, -0.25) is 0 Å². The van der Waals surface area contributed by atoms with Gasteiger partial charge in [0.1, 0.15) is 10.0 Å². The molecule has 2 heterocycles. The highest BCUT2D eigenvalue weighted by molar-refractivity contribution is 7.20. The second kappa shape index (κ2) is 5.71. The SMILES string of the molecule is Nc1onc(-c2cc(Cl)sc2Cl)c1-c1ccc(Cl)cc1Cl. The van der Waals surface area contributed by atoms with Crippen LogP contribution in [-0.4, -0.2) is 5.16 Å². The fourth-order valence-electron chi connectivity index (χ4n) is 1.94. The molecule has 8 heteroatoms. The highest BCUT2D eigenvalue weighted by Gasteiger charge is 2.22. The molecule has 3 rings (SSSR count). The van der Waals surface area contributed by atoms with E-state index in [0.717, 1.165) is 0 Å². The number of thiophene rings is 1. The average Bonchev–Trinajstić information content (AvgIpc) is 2.93.